The molecule has 9 heteroatoms. The number of pyridine rings is 1. The summed E-state index contributed by atoms with van der Waals surface area (Å²) in [4.78, 5) is 27.9. The van der Waals surface area contributed by atoms with Gasteiger partial charge in [-0.05, 0) is 13.1 Å². The van der Waals surface area contributed by atoms with Gasteiger partial charge in [0.1, 0.15) is 17.6 Å². The van der Waals surface area contributed by atoms with Crippen molar-refractivity contribution in [3.63, 3.8) is 0 Å². The van der Waals surface area contributed by atoms with Crippen LogP contribution in [0.5, 0.6) is 0 Å². The number of nitrogens with zero attached hydrogens (tertiary/aromatic N) is 3. The zero-order valence-corrected chi connectivity index (χ0v) is 15.3. The molecule has 2 heterocycles. The number of likely N-dealkylation sites (N-methyl/N-ethyl adjacent to an activating group) is 1. The summed E-state index contributed by atoms with van der Waals surface area (Å²) in [6.07, 6.45) is 0.175. The van der Waals surface area contributed by atoms with Crippen LogP contribution in [0.3, 0.4) is 0 Å². The first-order valence-corrected chi connectivity index (χ1v) is 9.05. The van der Waals surface area contributed by atoms with Crippen molar-refractivity contribution < 1.29 is 18.7 Å². The Balaban J connectivity index is 1.97. The molecule has 4 rings (SSSR count). The quantitative estimate of drug-likeness (QED) is 0.862. The molecule has 27 heavy (non-hydrogen) atoms. The summed E-state index contributed by atoms with van der Waals surface area (Å²) in [5.74, 6) is -2.12. The van der Waals surface area contributed by atoms with Crippen LogP contribution in [0.1, 0.15) is 22.8 Å². The average Bonchev–Trinajstić information content (AvgIpc) is 3.33. The van der Waals surface area contributed by atoms with E-state index in [4.69, 9.17) is 11.6 Å². The monoisotopic (exact) mass is 397 g/mol. The van der Waals surface area contributed by atoms with Crippen molar-refractivity contribution in [2.24, 2.45) is 0 Å². The normalized spacial score (nSPS) is 23.0. The summed E-state index contributed by atoms with van der Waals surface area (Å²) < 4.78 is 30.0. The smallest absolute Gasteiger partial charge is 0.341 e. The van der Waals surface area contributed by atoms with Crippen molar-refractivity contribution in [3.8, 4) is 0 Å². The molecule has 1 saturated heterocycles. The summed E-state index contributed by atoms with van der Waals surface area (Å²) >= 11 is 6.52. The van der Waals surface area contributed by atoms with E-state index in [1.807, 2.05) is 7.05 Å². The molecule has 2 atom stereocenters. The van der Waals surface area contributed by atoms with Crippen LogP contribution >= 0.6 is 11.6 Å². The number of alkyl halides is 1. The number of rotatable bonds is 3. The molecule has 1 aromatic carbocycles. The van der Waals surface area contributed by atoms with Gasteiger partial charge in [0.05, 0.1) is 27.7 Å². The molecule has 0 bridgehead atoms. The van der Waals surface area contributed by atoms with Gasteiger partial charge in [0.2, 0.25) is 5.43 Å². The van der Waals surface area contributed by atoms with E-state index in [-0.39, 0.29) is 28.0 Å². The first-order chi connectivity index (χ1) is 12.8. The Labute approximate surface area is 158 Å². The number of anilines is 1. The highest BCUT2D eigenvalue weighted by molar-refractivity contribution is 6.38. The number of hydrogen-bond donors (Lipinski definition) is 1. The molecule has 1 aliphatic carbocycles. The minimum absolute atomic E-state index is 0.0164. The number of halogens is 3. The minimum Gasteiger partial charge on any atom is -0.477 e. The van der Waals surface area contributed by atoms with Crippen LogP contribution in [-0.4, -0.2) is 59.9 Å². The highest BCUT2D eigenvalue weighted by Crippen LogP contribution is 2.44. The molecule has 2 aliphatic rings. The Bertz CT molecular complexity index is 1000. The number of carboxylic acid groups (broad SMARTS) is 1. The largest absolute Gasteiger partial charge is 0.477 e. The molecule has 1 N–H and O–H groups in total. The number of benzene rings is 1. The van der Waals surface area contributed by atoms with E-state index >= 15 is 0 Å². The molecule has 6 nitrogen and oxygen atoms in total. The van der Waals surface area contributed by atoms with Gasteiger partial charge in [-0.1, -0.05) is 11.6 Å². The number of carboxylic acids is 1. The number of piperazine rings is 1. The molecule has 0 amide bonds. The van der Waals surface area contributed by atoms with Crippen molar-refractivity contribution in [1.82, 2.24) is 9.47 Å². The summed E-state index contributed by atoms with van der Waals surface area (Å²) in [7, 11) is 1.97. The lowest BCUT2D eigenvalue weighted by atomic mass is 10.1. The zero-order valence-electron chi connectivity index (χ0n) is 14.6. The van der Waals surface area contributed by atoms with Gasteiger partial charge in [0.15, 0.2) is 0 Å². The van der Waals surface area contributed by atoms with Crippen molar-refractivity contribution in [1.29, 1.82) is 0 Å². The summed E-state index contributed by atoms with van der Waals surface area (Å²) in [5.41, 5.74) is -0.989. The Morgan fingerprint density at radius 1 is 1.30 bits per heavy atom. The number of aromatic carboxylic acids is 1. The van der Waals surface area contributed by atoms with Crippen LogP contribution in [-0.2, 0) is 0 Å². The Hall–Kier alpha value is -2.19. The maximum atomic E-state index is 14.9. The maximum Gasteiger partial charge on any atom is 0.341 e. The van der Waals surface area contributed by atoms with Crippen LogP contribution < -0.4 is 10.3 Å². The highest BCUT2D eigenvalue weighted by atomic mass is 35.5. The predicted molar refractivity (Wildman–Crippen MR) is 98.4 cm³/mol. The Kier molecular flexibility index (Phi) is 4.35. The highest BCUT2D eigenvalue weighted by Gasteiger charge is 2.41. The predicted octanol–water partition coefficient (Wildman–Crippen LogP) is 2.53. The van der Waals surface area contributed by atoms with Crippen molar-refractivity contribution in [2.75, 3.05) is 38.1 Å². The van der Waals surface area contributed by atoms with Crippen molar-refractivity contribution >= 4 is 34.2 Å². The van der Waals surface area contributed by atoms with E-state index in [9.17, 15) is 23.5 Å². The van der Waals surface area contributed by atoms with E-state index in [1.165, 1.54) is 4.57 Å². The van der Waals surface area contributed by atoms with Crippen LogP contribution in [0.4, 0.5) is 14.5 Å². The molecule has 2 aromatic rings. The molecule has 2 fully saturated rings. The van der Waals surface area contributed by atoms with Crippen LogP contribution in [0.15, 0.2) is 17.1 Å². The van der Waals surface area contributed by atoms with Gasteiger partial charge in [0.25, 0.3) is 0 Å². The van der Waals surface area contributed by atoms with Crippen LogP contribution in [0.2, 0.25) is 5.02 Å². The van der Waals surface area contributed by atoms with E-state index in [1.54, 1.807) is 4.90 Å². The van der Waals surface area contributed by atoms with Gasteiger partial charge in [-0.2, -0.15) is 0 Å². The molecular weight excluding hydrogens is 380 g/mol. The molecule has 144 valence electrons. The van der Waals surface area contributed by atoms with Crippen LogP contribution in [0.25, 0.3) is 10.9 Å². The number of fused-ring (bicyclic) bond motifs is 1. The zero-order chi connectivity index (χ0) is 19.5. The fourth-order valence-corrected chi connectivity index (χ4v) is 4.01. The minimum atomic E-state index is -1.44. The third-order valence-corrected chi connectivity index (χ3v) is 5.63. The number of carbonyl (C=O) groups is 1. The third-order valence-electron chi connectivity index (χ3n) is 5.27. The lowest BCUT2D eigenvalue weighted by Gasteiger charge is -2.35. The molecule has 1 saturated carbocycles. The summed E-state index contributed by atoms with van der Waals surface area (Å²) in [6, 6.07) is 0.421. The fraction of sp³-hybridized carbons (Fsp3) is 0.444. The second kappa shape index (κ2) is 6.45. The molecule has 0 radical (unpaired) electrons. The van der Waals surface area contributed by atoms with Gasteiger partial charge >= 0.3 is 5.97 Å². The average molecular weight is 398 g/mol. The van der Waals surface area contributed by atoms with Gasteiger partial charge in [-0.3, -0.25) is 4.79 Å². The molecular formula is C18H18ClF2N3O3. The van der Waals surface area contributed by atoms with Crippen molar-refractivity contribution in [2.45, 2.75) is 18.6 Å². The maximum absolute atomic E-state index is 14.9. The van der Waals surface area contributed by atoms with Gasteiger partial charge in [0, 0.05) is 38.8 Å². The van der Waals surface area contributed by atoms with E-state index in [0.29, 0.717) is 13.1 Å². The van der Waals surface area contributed by atoms with Crippen LogP contribution in [0, 0.1) is 5.82 Å². The molecule has 1 aliphatic heterocycles. The SMILES string of the molecule is CN1CCN(c2c(F)cc3c(=O)c(C(=O)O)cn(C4CC4F)c3c2Cl)CC1. The Morgan fingerprint density at radius 3 is 2.48 bits per heavy atom. The Morgan fingerprint density at radius 2 is 1.93 bits per heavy atom. The lowest BCUT2D eigenvalue weighted by Crippen LogP contribution is -2.45. The first kappa shape index (κ1) is 18.2. The summed E-state index contributed by atoms with van der Waals surface area (Å²) in [5, 5.41) is 9.17. The first-order valence-electron chi connectivity index (χ1n) is 8.67. The standard InChI is InChI=1S/C18H18ClF2N3O3/c1-22-2-4-23(5-3-22)16-12(21)6-9-15(14(16)19)24(13-7-11(13)20)8-10(17(9)25)18(26)27/h6,8,11,13H,2-5,7H2,1H3,(H,26,27). The van der Waals surface area contributed by atoms with Gasteiger partial charge < -0.3 is 19.5 Å². The number of aromatic nitrogens is 1. The summed E-state index contributed by atoms with van der Waals surface area (Å²) in [6.45, 7) is 2.58. The van der Waals surface area contributed by atoms with Crippen molar-refractivity contribution in [3.05, 3.63) is 38.9 Å². The van der Waals surface area contributed by atoms with E-state index in [2.05, 4.69) is 4.90 Å². The lowest BCUT2D eigenvalue weighted by molar-refractivity contribution is 0.0694. The second-order valence-electron chi connectivity index (χ2n) is 7.11. The van der Waals surface area contributed by atoms with Gasteiger partial charge in [-0.25, -0.2) is 13.6 Å². The fourth-order valence-electron chi connectivity index (χ4n) is 3.61. The molecule has 2 unspecified atom stereocenters. The molecule has 0 spiro atoms. The van der Waals surface area contributed by atoms with E-state index < -0.39 is 35.0 Å². The topological polar surface area (TPSA) is 65.8 Å². The second-order valence-corrected chi connectivity index (χ2v) is 7.49. The van der Waals surface area contributed by atoms with Gasteiger partial charge in [-0.15, -0.1) is 0 Å². The third kappa shape index (κ3) is 2.96. The van der Waals surface area contributed by atoms with E-state index in [0.717, 1.165) is 25.4 Å². The molecule has 1 aromatic heterocycles. The number of hydrogen-bond acceptors (Lipinski definition) is 4.